The van der Waals surface area contributed by atoms with Gasteiger partial charge >= 0.3 is 0 Å². The average molecular weight is 324 g/mol. The van der Waals surface area contributed by atoms with Gasteiger partial charge in [-0.05, 0) is 47.9 Å². The fraction of sp³-hybridized carbons (Fsp3) is 0.381. The van der Waals surface area contributed by atoms with Crippen LogP contribution in [0.1, 0.15) is 43.7 Å². The van der Waals surface area contributed by atoms with Crippen LogP contribution in [-0.4, -0.2) is 5.38 Å². The molecule has 2 unspecified atom stereocenters. The first-order chi connectivity index (χ1) is 11.2. The van der Waals surface area contributed by atoms with Crippen molar-refractivity contribution in [2.45, 2.75) is 49.8 Å². The fourth-order valence-corrected chi connectivity index (χ4v) is 3.97. The van der Waals surface area contributed by atoms with Crippen LogP contribution in [-0.2, 0) is 11.8 Å². The summed E-state index contributed by atoms with van der Waals surface area (Å²) in [5, 5.41) is 9.86. The van der Waals surface area contributed by atoms with E-state index in [1.165, 1.54) is 16.7 Å². The molecule has 0 aliphatic heterocycles. The zero-order chi connectivity index (χ0) is 16.3. The lowest BCUT2D eigenvalue weighted by Gasteiger charge is -2.33. The molecule has 2 heteroatoms. The second kappa shape index (κ2) is 6.77. The normalized spacial score (nSPS) is 24.1. The lowest BCUT2D eigenvalue weighted by molar-refractivity contribution is 0.371. The second-order valence-corrected chi connectivity index (χ2v) is 7.13. The van der Waals surface area contributed by atoms with E-state index in [4.69, 9.17) is 11.6 Å². The zero-order valence-corrected chi connectivity index (χ0v) is 14.3. The summed E-state index contributed by atoms with van der Waals surface area (Å²) in [5.41, 5.74) is 4.47. The Morgan fingerprint density at radius 2 is 1.70 bits per heavy atom. The molecule has 0 N–H and O–H groups in total. The van der Waals surface area contributed by atoms with Gasteiger partial charge in [-0.2, -0.15) is 5.26 Å². The van der Waals surface area contributed by atoms with Crippen LogP contribution >= 0.6 is 11.6 Å². The summed E-state index contributed by atoms with van der Waals surface area (Å²) in [6.07, 6.45) is 4.78. The Kier molecular flexibility index (Phi) is 4.74. The summed E-state index contributed by atoms with van der Waals surface area (Å²) in [6.45, 7) is 2.17. The molecule has 0 saturated heterocycles. The molecule has 1 aliphatic rings. The summed E-state index contributed by atoms with van der Waals surface area (Å²) in [5.74, 6) is 0. The third-order valence-electron chi connectivity index (χ3n) is 5.04. The standard InChI is InChI=1S/C21H22ClN/c1-2-16-5-7-17(8-6-16)18-9-11-19(12-10-18)21(15-23)13-3-4-20(22)14-21/h5-12,20H,2-4,13-14H2,1H3. The number of aryl methyl sites for hydroxylation is 1. The number of alkyl halides is 1. The molecule has 0 amide bonds. The first-order valence-electron chi connectivity index (χ1n) is 8.42. The Labute approximate surface area is 143 Å². The molecular formula is C21H22ClN. The van der Waals surface area contributed by atoms with Crippen molar-refractivity contribution >= 4 is 11.6 Å². The van der Waals surface area contributed by atoms with Gasteiger partial charge in [-0.3, -0.25) is 0 Å². The molecule has 1 aliphatic carbocycles. The van der Waals surface area contributed by atoms with Gasteiger partial charge in [0.05, 0.1) is 11.5 Å². The molecule has 1 saturated carbocycles. The van der Waals surface area contributed by atoms with Crippen LogP contribution in [0.3, 0.4) is 0 Å². The molecule has 0 heterocycles. The maximum absolute atomic E-state index is 9.75. The highest BCUT2D eigenvalue weighted by Gasteiger charge is 2.37. The number of halogens is 1. The third kappa shape index (κ3) is 3.28. The van der Waals surface area contributed by atoms with Gasteiger partial charge in [0.1, 0.15) is 0 Å². The minimum atomic E-state index is -0.407. The number of nitriles is 1. The van der Waals surface area contributed by atoms with E-state index in [1.807, 2.05) is 0 Å². The molecule has 3 rings (SSSR count). The second-order valence-electron chi connectivity index (χ2n) is 6.52. The topological polar surface area (TPSA) is 23.8 Å². The van der Waals surface area contributed by atoms with Crippen molar-refractivity contribution in [3.63, 3.8) is 0 Å². The summed E-state index contributed by atoms with van der Waals surface area (Å²) < 4.78 is 0. The number of nitrogens with zero attached hydrogens (tertiary/aromatic N) is 1. The molecule has 1 fully saturated rings. The molecule has 1 nitrogen and oxygen atoms in total. The Morgan fingerprint density at radius 1 is 1.09 bits per heavy atom. The molecule has 2 aromatic carbocycles. The molecular weight excluding hydrogens is 302 g/mol. The average Bonchev–Trinajstić information content (AvgIpc) is 2.62. The minimum Gasteiger partial charge on any atom is -0.197 e. The summed E-state index contributed by atoms with van der Waals surface area (Å²) in [4.78, 5) is 0. The van der Waals surface area contributed by atoms with Crippen molar-refractivity contribution in [2.24, 2.45) is 0 Å². The zero-order valence-electron chi connectivity index (χ0n) is 13.6. The smallest absolute Gasteiger partial charge is 0.0836 e. The van der Waals surface area contributed by atoms with Crippen molar-refractivity contribution in [3.05, 3.63) is 59.7 Å². The van der Waals surface area contributed by atoms with Crippen molar-refractivity contribution in [2.75, 3.05) is 0 Å². The first-order valence-corrected chi connectivity index (χ1v) is 8.86. The van der Waals surface area contributed by atoms with Crippen LogP contribution in [0.15, 0.2) is 48.5 Å². The first kappa shape index (κ1) is 16.1. The molecule has 0 aromatic heterocycles. The van der Waals surface area contributed by atoms with E-state index in [0.717, 1.165) is 37.7 Å². The van der Waals surface area contributed by atoms with Gasteiger partial charge in [0.2, 0.25) is 0 Å². The highest BCUT2D eigenvalue weighted by molar-refractivity contribution is 6.20. The van der Waals surface area contributed by atoms with Crippen molar-refractivity contribution < 1.29 is 0 Å². The summed E-state index contributed by atoms with van der Waals surface area (Å²) in [6, 6.07) is 19.7. The lowest BCUT2D eigenvalue weighted by atomic mass is 9.70. The van der Waals surface area contributed by atoms with Crippen LogP contribution in [0.5, 0.6) is 0 Å². The molecule has 0 radical (unpaired) electrons. The Morgan fingerprint density at radius 3 is 2.22 bits per heavy atom. The van der Waals surface area contributed by atoms with Gasteiger partial charge in [-0.15, -0.1) is 11.6 Å². The predicted molar refractivity (Wildman–Crippen MR) is 96.7 cm³/mol. The van der Waals surface area contributed by atoms with E-state index in [2.05, 4.69) is 61.5 Å². The fourth-order valence-electron chi connectivity index (χ4n) is 3.55. The van der Waals surface area contributed by atoms with Crippen LogP contribution < -0.4 is 0 Å². The van der Waals surface area contributed by atoms with Gasteiger partial charge in [0.15, 0.2) is 0 Å². The van der Waals surface area contributed by atoms with Gasteiger partial charge < -0.3 is 0 Å². The van der Waals surface area contributed by atoms with Gasteiger partial charge in [-0.1, -0.05) is 61.9 Å². The SMILES string of the molecule is CCc1ccc(-c2ccc(C3(C#N)CCCC(Cl)C3)cc2)cc1. The quantitative estimate of drug-likeness (QED) is 0.649. The van der Waals surface area contributed by atoms with Gasteiger partial charge in [0.25, 0.3) is 0 Å². The van der Waals surface area contributed by atoms with Crippen molar-refractivity contribution in [3.8, 4) is 17.2 Å². The van der Waals surface area contributed by atoms with Crippen LogP contribution in [0.2, 0.25) is 0 Å². The number of rotatable bonds is 3. The largest absolute Gasteiger partial charge is 0.197 e. The number of hydrogen-bond donors (Lipinski definition) is 0. The maximum Gasteiger partial charge on any atom is 0.0836 e. The Bertz CT molecular complexity index is 696. The summed E-state index contributed by atoms with van der Waals surface area (Å²) in [7, 11) is 0. The molecule has 2 atom stereocenters. The Hall–Kier alpha value is -1.78. The van der Waals surface area contributed by atoms with E-state index < -0.39 is 5.41 Å². The monoisotopic (exact) mass is 323 g/mol. The number of benzene rings is 2. The maximum atomic E-state index is 9.75. The van der Waals surface area contributed by atoms with E-state index in [9.17, 15) is 5.26 Å². The van der Waals surface area contributed by atoms with Crippen molar-refractivity contribution in [1.82, 2.24) is 0 Å². The predicted octanol–water partition coefficient (Wildman–Crippen LogP) is 5.86. The minimum absolute atomic E-state index is 0.115. The molecule has 0 spiro atoms. The highest BCUT2D eigenvalue weighted by atomic mass is 35.5. The summed E-state index contributed by atoms with van der Waals surface area (Å²) >= 11 is 6.33. The molecule has 118 valence electrons. The molecule has 0 bridgehead atoms. The van der Waals surface area contributed by atoms with E-state index in [1.54, 1.807) is 0 Å². The van der Waals surface area contributed by atoms with E-state index >= 15 is 0 Å². The van der Waals surface area contributed by atoms with E-state index in [-0.39, 0.29) is 5.38 Å². The van der Waals surface area contributed by atoms with Crippen LogP contribution in [0, 0.1) is 11.3 Å². The molecule has 2 aromatic rings. The van der Waals surface area contributed by atoms with Gasteiger partial charge in [0, 0.05) is 5.38 Å². The van der Waals surface area contributed by atoms with Crippen molar-refractivity contribution in [1.29, 1.82) is 5.26 Å². The third-order valence-corrected chi connectivity index (χ3v) is 5.41. The lowest BCUT2D eigenvalue weighted by Crippen LogP contribution is -2.31. The molecule has 23 heavy (non-hydrogen) atoms. The van der Waals surface area contributed by atoms with Crippen LogP contribution in [0.4, 0.5) is 0 Å². The highest BCUT2D eigenvalue weighted by Crippen LogP contribution is 2.41. The van der Waals surface area contributed by atoms with Gasteiger partial charge in [-0.25, -0.2) is 0 Å². The Balaban J connectivity index is 1.87. The number of hydrogen-bond acceptors (Lipinski definition) is 1. The van der Waals surface area contributed by atoms with Crippen LogP contribution in [0.25, 0.3) is 11.1 Å². The van der Waals surface area contributed by atoms with E-state index in [0.29, 0.717) is 0 Å².